The van der Waals surface area contributed by atoms with Crippen molar-refractivity contribution in [1.82, 2.24) is 21.4 Å². The molecular formula is C15H18ClF3N6O3. The van der Waals surface area contributed by atoms with Crippen LogP contribution < -0.4 is 26.4 Å². The zero-order valence-corrected chi connectivity index (χ0v) is 15.7. The van der Waals surface area contributed by atoms with Gasteiger partial charge >= 0.3 is 6.36 Å². The third kappa shape index (κ3) is 5.39. The zero-order valence-electron chi connectivity index (χ0n) is 14.9. The van der Waals surface area contributed by atoms with E-state index in [9.17, 15) is 22.8 Å². The van der Waals surface area contributed by atoms with Crippen molar-refractivity contribution in [2.24, 2.45) is 5.10 Å². The molecule has 2 rings (SSSR count). The molecule has 0 bridgehead atoms. The number of amides is 2. The molecule has 0 fully saturated rings. The average Bonchev–Trinajstić information content (AvgIpc) is 3.04. The third-order valence-corrected chi connectivity index (χ3v) is 3.85. The number of hydrazone groups is 1. The largest absolute Gasteiger partial charge is 0.573 e. The zero-order chi connectivity index (χ0) is 20.9. The van der Waals surface area contributed by atoms with Crippen LogP contribution >= 0.6 is 11.6 Å². The molecule has 0 saturated heterocycles. The van der Waals surface area contributed by atoms with Crippen molar-refractivity contribution in [2.45, 2.75) is 33.1 Å². The Morgan fingerprint density at radius 3 is 2.61 bits per heavy atom. The van der Waals surface area contributed by atoms with Crippen LogP contribution in [0.5, 0.6) is 5.75 Å². The molecule has 0 aromatic heterocycles. The average molecular weight is 423 g/mol. The minimum atomic E-state index is -5.01. The van der Waals surface area contributed by atoms with Gasteiger partial charge in [0.05, 0.1) is 10.6 Å². The summed E-state index contributed by atoms with van der Waals surface area (Å²) in [6.07, 6.45) is -4.49. The molecule has 0 unspecified atom stereocenters. The van der Waals surface area contributed by atoms with Gasteiger partial charge in [-0.1, -0.05) is 18.5 Å². The second-order valence-electron chi connectivity index (χ2n) is 5.50. The summed E-state index contributed by atoms with van der Waals surface area (Å²) in [5, 5.41) is 9.61. The van der Waals surface area contributed by atoms with Crippen molar-refractivity contribution < 1.29 is 27.5 Å². The van der Waals surface area contributed by atoms with E-state index < -0.39 is 34.6 Å². The second-order valence-corrected chi connectivity index (χ2v) is 5.88. The van der Waals surface area contributed by atoms with Crippen molar-refractivity contribution in [3.63, 3.8) is 0 Å². The van der Waals surface area contributed by atoms with Gasteiger partial charge in [-0.2, -0.15) is 0 Å². The maximum Gasteiger partial charge on any atom is 0.573 e. The van der Waals surface area contributed by atoms with Crippen molar-refractivity contribution >= 4 is 35.1 Å². The number of alkyl halides is 3. The number of anilines is 1. The van der Waals surface area contributed by atoms with Crippen LogP contribution in [-0.4, -0.2) is 35.7 Å². The fraction of sp³-hybridized carbons (Fsp3) is 0.400. The van der Waals surface area contributed by atoms with Gasteiger partial charge in [0, 0.05) is 13.0 Å². The molecule has 154 valence electrons. The van der Waals surface area contributed by atoms with E-state index in [0.717, 1.165) is 12.1 Å². The first-order valence-electron chi connectivity index (χ1n) is 8.21. The Hall–Kier alpha value is -2.73. The number of ether oxygens (including phenoxy) is 1. The topological polar surface area (TPSA) is 107 Å². The summed E-state index contributed by atoms with van der Waals surface area (Å²) in [7, 11) is 0. The number of carbonyl (C=O) groups excluding carboxylic acids is 2. The van der Waals surface area contributed by atoms with Gasteiger partial charge in [-0.05, 0) is 25.5 Å². The summed E-state index contributed by atoms with van der Waals surface area (Å²) in [4.78, 5) is 24.4. The summed E-state index contributed by atoms with van der Waals surface area (Å²) in [5.41, 5.74) is 4.47. The van der Waals surface area contributed by atoms with Gasteiger partial charge in [-0.25, -0.2) is 5.53 Å². The smallest absolute Gasteiger partial charge is 0.404 e. The number of nitrogens with one attached hydrogen (secondary N) is 4. The van der Waals surface area contributed by atoms with E-state index in [4.69, 9.17) is 11.6 Å². The van der Waals surface area contributed by atoms with Crippen LogP contribution in [0.3, 0.4) is 0 Å². The number of rotatable bonds is 6. The highest BCUT2D eigenvalue weighted by atomic mass is 35.5. The Bertz CT molecular complexity index is 787. The van der Waals surface area contributed by atoms with E-state index in [1.54, 1.807) is 13.8 Å². The van der Waals surface area contributed by atoms with Gasteiger partial charge in [0.1, 0.15) is 5.69 Å². The molecule has 9 nitrogen and oxygen atoms in total. The van der Waals surface area contributed by atoms with Crippen molar-refractivity contribution in [2.75, 3.05) is 11.9 Å². The number of nitrogens with zero attached hydrogens (tertiary/aromatic N) is 2. The number of halogens is 4. The van der Waals surface area contributed by atoms with E-state index in [-0.39, 0.29) is 17.9 Å². The highest BCUT2D eigenvalue weighted by Gasteiger charge is 2.33. The Balaban J connectivity index is 2.34. The molecule has 0 radical (unpaired) electrons. The highest BCUT2D eigenvalue weighted by molar-refractivity contribution is 6.37. The van der Waals surface area contributed by atoms with Crippen molar-refractivity contribution in [3.05, 3.63) is 22.7 Å². The van der Waals surface area contributed by atoms with Gasteiger partial charge in [0.25, 0.3) is 5.91 Å². The number of hydrazine groups is 2. The van der Waals surface area contributed by atoms with E-state index >= 15 is 0 Å². The van der Waals surface area contributed by atoms with Crippen molar-refractivity contribution in [1.29, 1.82) is 0 Å². The van der Waals surface area contributed by atoms with E-state index in [1.807, 2.05) is 0 Å². The first-order chi connectivity index (χ1) is 13.2. The number of benzene rings is 1. The summed E-state index contributed by atoms with van der Waals surface area (Å²) in [6.45, 7) is 3.97. The number of carbonyl (C=O) groups is 2. The molecule has 1 aromatic carbocycles. The number of hydrogen-bond donors (Lipinski definition) is 4. The number of guanidine groups is 1. The van der Waals surface area contributed by atoms with Crippen LogP contribution in [0.2, 0.25) is 5.02 Å². The Morgan fingerprint density at radius 1 is 1.29 bits per heavy atom. The lowest BCUT2D eigenvalue weighted by Crippen LogP contribution is -2.47. The van der Waals surface area contributed by atoms with E-state index in [1.165, 1.54) is 5.01 Å². The molecule has 4 N–H and O–H groups in total. The predicted octanol–water partition coefficient (Wildman–Crippen LogP) is 2.32. The fourth-order valence-electron chi connectivity index (χ4n) is 2.23. The molecule has 1 aliphatic rings. The van der Waals surface area contributed by atoms with Crippen LogP contribution in [0.1, 0.15) is 37.0 Å². The first kappa shape index (κ1) is 21.6. The molecule has 2 amide bonds. The maximum absolute atomic E-state index is 12.7. The summed E-state index contributed by atoms with van der Waals surface area (Å²) in [6, 6.07) is 1.96. The molecular weight excluding hydrogens is 405 g/mol. The summed E-state index contributed by atoms with van der Waals surface area (Å²) < 4.78 is 41.9. The highest BCUT2D eigenvalue weighted by Crippen LogP contribution is 2.38. The van der Waals surface area contributed by atoms with Gasteiger partial charge in [0.2, 0.25) is 11.9 Å². The summed E-state index contributed by atoms with van der Waals surface area (Å²) in [5.74, 6) is -1.90. The Labute approximate surface area is 163 Å². The molecule has 13 heteroatoms. The molecule has 28 heavy (non-hydrogen) atoms. The van der Waals surface area contributed by atoms with Gasteiger partial charge < -0.3 is 10.1 Å². The minimum absolute atomic E-state index is 0.0534. The molecule has 0 aliphatic carbocycles. The van der Waals surface area contributed by atoms with Gasteiger partial charge in [-0.3, -0.25) is 19.9 Å². The predicted molar refractivity (Wildman–Crippen MR) is 95.2 cm³/mol. The fourth-order valence-corrected chi connectivity index (χ4v) is 2.52. The second kappa shape index (κ2) is 8.97. The lowest BCUT2D eigenvalue weighted by molar-refractivity contribution is -0.274. The van der Waals surface area contributed by atoms with Gasteiger partial charge in [0.15, 0.2) is 5.75 Å². The first-order valence-corrected chi connectivity index (χ1v) is 8.59. The number of hydrogen-bond acceptors (Lipinski definition) is 7. The molecule has 0 saturated carbocycles. The normalized spacial score (nSPS) is 13.6. The monoisotopic (exact) mass is 422 g/mol. The van der Waals surface area contributed by atoms with Crippen LogP contribution in [0.15, 0.2) is 17.2 Å². The molecule has 1 aromatic rings. The standard InChI is InChI=1S/C15H18ClF3N6O3/c1-3-5-10(26)20-12-9(28-15(17,18)19)7-6-8(11(12)16)13(27)21-14-22-23-24-25(14)4-2/h6-7,23-24H,3-5H2,1-2H3,(H,20,26)(H,21,22,27). The Kier molecular flexibility index (Phi) is 6.91. The quantitative estimate of drug-likeness (QED) is 0.560. The van der Waals surface area contributed by atoms with Crippen molar-refractivity contribution in [3.8, 4) is 5.75 Å². The Morgan fingerprint density at radius 2 is 2.00 bits per heavy atom. The third-order valence-electron chi connectivity index (χ3n) is 3.46. The summed E-state index contributed by atoms with van der Waals surface area (Å²) >= 11 is 6.13. The van der Waals surface area contributed by atoms with E-state index in [2.05, 4.69) is 31.5 Å². The van der Waals surface area contributed by atoms with Crippen LogP contribution in [-0.2, 0) is 4.79 Å². The molecule has 1 heterocycles. The molecule has 1 aliphatic heterocycles. The van der Waals surface area contributed by atoms with Crippen LogP contribution in [0.25, 0.3) is 0 Å². The van der Waals surface area contributed by atoms with Gasteiger partial charge in [-0.15, -0.1) is 23.8 Å². The maximum atomic E-state index is 12.7. The lowest BCUT2D eigenvalue weighted by Gasteiger charge is -2.19. The lowest BCUT2D eigenvalue weighted by atomic mass is 10.1. The van der Waals surface area contributed by atoms with Crippen LogP contribution in [0, 0.1) is 0 Å². The van der Waals surface area contributed by atoms with E-state index in [0.29, 0.717) is 13.0 Å². The van der Waals surface area contributed by atoms with Crippen LogP contribution in [0.4, 0.5) is 18.9 Å². The SMILES string of the molecule is CCCC(=O)Nc1c(OC(F)(F)F)ccc(C(=O)NC2=NNNN2CC)c1Cl. The minimum Gasteiger partial charge on any atom is -0.404 e. The molecule has 0 spiro atoms. The molecule has 0 atom stereocenters.